The Kier molecular flexibility index (Phi) is 8.47. The lowest BCUT2D eigenvalue weighted by Crippen LogP contribution is -2.32. The summed E-state index contributed by atoms with van der Waals surface area (Å²) in [6, 6.07) is 0. The van der Waals surface area contributed by atoms with E-state index in [4.69, 9.17) is 9.47 Å². The summed E-state index contributed by atoms with van der Waals surface area (Å²) in [4.78, 5) is 11.6. The Morgan fingerprint density at radius 2 is 1.59 bits per heavy atom. The van der Waals surface area contributed by atoms with Gasteiger partial charge in [0.25, 0.3) is 0 Å². The third-order valence-corrected chi connectivity index (χ3v) is 5.12. The molecular weight excluding hydrogens is 338 g/mol. The zero-order chi connectivity index (χ0) is 17.4. The van der Waals surface area contributed by atoms with Gasteiger partial charge >= 0.3 is 16.3 Å². The fourth-order valence-electron chi connectivity index (χ4n) is 1.05. The quantitative estimate of drug-likeness (QED) is 0.396. The second kappa shape index (κ2) is 8.77. The third-order valence-electron chi connectivity index (χ3n) is 2.62. The summed E-state index contributed by atoms with van der Waals surface area (Å²) in [7, 11) is -8.29. The Bertz CT molecular complexity index is 553. The number of sulfonamides is 1. The molecule has 0 aliphatic rings. The lowest BCUT2D eigenvalue weighted by molar-refractivity contribution is -0.155. The van der Waals surface area contributed by atoms with Crippen LogP contribution < -0.4 is 4.13 Å². The number of rotatable bonds is 11. The monoisotopic (exact) mass is 361 g/mol. The molecule has 0 rings (SSSR count). The van der Waals surface area contributed by atoms with Crippen LogP contribution in [0.25, 0.3) is 0 Å². The minimum absolute atomic E-state index is 0.0383. The highest BCUT2D eigenvalue weighted by Crippen LogP contribution is 2.21. The van der Waals surface area contributed by atoms with Gasteiger partial charge in [-0.2, -0.15) is 8.42 Å². The van der Waals surface area contributed by atoms with E-state index in [1.807, 2.05) is 6.92 Å². The molecule has 0 bridgehead atoms. The van der Waals surface area contributed by atoms with E-state index in [9.17, 15) is 21.6 Å². The van der Waals surface area contributed by atoms with Crippen LogP contribution in [0, 0.1) is 5.41 Å². The number of hydrogen-bond donors (Lipinski definition) is 1. The first kappa shape index (κ1) is 21.2. The molecule has 0 radical (unpaired) electrons. The molecule has 0 aliphatic heterocycles. The van der Waals surface area contributed by atoms with E-state index >= 15 is 0 Å². The Morgan fingerprint density at radius 3 is 2.09 bits per heavy atom. The molecule has 0 unspecified atom stereocenters. The van der Waals surface area contributed by atoms with Gasteiger partial charge in [0.15, 0.2) is 0 Å². The Hall–Kier alpha value is -0.750. The molecule has 0 saturated heterocycles. The maximum atomic E-state index is 11.6. The second-order valence-corrected chi connectivity index (χ2v) is 8.47. The fourth-order valence-corrected chi connectivity index (χ4v) is 3.01. The summed E-state index contributed by atoms with van der Waals surface area (Å²) in [6.45, 7) is 5.07. The van der Waals surface area contributed by atoms with E-state index in [1.165, 1.54) is 4.13 Å². The molecule has 1 N–H and O–H groups in total. The van der Waals surface area contributed by atoms with Gasteiger partial charge in [-0.1, -0.05) is 11.1 Å². The van der Waals surface area contributed by atoms with Crippen molar-refractivity contribution in [3.05, 3.63) is 0 Å². The molecule has 9 nitrogen and oxygen atoms in total. The Balaban J connectivity index is 3.82. The number of carbonyl (C=O) groups is 1. The standard InChI is InChI=1S/C11H23NO8S2/c1-5-11(2,3)10(13)19-8-6-18-7-9-20-22(16,17)12-21(4,14)15/h12H,5-9H2,1-4H3. The van der Waals surface area contributed by atoms with Crippen LogP contribution in [0.3, 0.4) is 0 Å². The topological polar surface area (TPSA) is 125 Å². The highest BCUT2D eigenvalue weighted by atomic mass is 32.3. The average Bonchev–Trinajstić information content (AvgIpc) is 2.34. The number of nitrogens with one attached hydrogen (secondary N) is 1. The molecule has 0 heterocycles. The van der Waals surface area contributed by atoms with Gasteiger partial charge < -0.3 is 9.47 Å². The smallest absolute Gasteiger partial charge is 0.349 e. The molecule has 0 aromatic heterocycles. The maximum Gasteiger partial charge on any atom is 0.349 e. The molecule has 0 fully saturated rings. The lowest BCUT2D eigenvalue weighted by atomic mass is 9.91. The highest BCUT2D eigenvalue weighted by molar-refractivity contribution is 8.02. The van der Waals surface area contributed by atoms with E-state index in [0.717, 1.165) is 0 Å². The number of esters is 1. The summed E-state index contributed by atoms with van der Waals surface area (Å²) in [6.07, 6.45) is 1.34. The van der Waals surface area contributed by atoms with Crippen molar-refractivity contribution in [3.8, 4) is 0 Å². The number of hydrogen-bond acceptors (Lipinski definition) is 8. The van der Waals surface area contributed by atoms with Crippen LogP contribution in [0.5, 0.6) is 0 Å². The molecule has 0 aliphatic carbocycles. The van der Waals surface area contributed by atoms with Crippen LogP contribution in [0.15, 0.2) is 0 Å². The van der Waals surface area contributed by atoms with Gasteiger partial charge in [0.1, 0.15) is 6.61 Å². The van der Waals surface area contributed by atoms with Crippen LogP contribution >= 0.6 is 0 Å². The van der Waals surface area contributed by atoms with E-state index in [1.54, 1.807) is 13.8 Å². The molecule has 132 valence electrons. The van der Waals surface area contributed by atoms with Crippen LogP contribution in [-0.4, -0.2) is 55.5 Å². The molecule has 11 heteroatoms. The third kappa shape index (κ3) is 10.1. The molecular formula is C11H23NO8S2. The van der Waals surface area contributed by atoms with Crippen molar-refractivity contribution in [2.24, 2.45) is 5.41 Å². The average molecular weight is 361 g/mol. The number of ether oxygens (including phenoxy) is 2. The molecule has 0 amide bonds. The first-order chi connectivity index (χ1) is 9.90. The predicted octanol–water partition coefficient (Wildman–Crippen LogP) is -0.207. The minimum atomic E-state index is -4.37. The van der Waals surface area contributed by atoms with Crippen LogP contribution in [0.1, 0.15) is 27.2 Å². The van der Waals surface area contributed by atoms with Crippen molar-refractivity contribution in [1.29, 1.82) is 0 Å². The van der Waals surface area contributed by atoms with Crippen LogP contribution in [0.2, 0.25) is 0 Å². The van der Waals surface area contributed by atoms with Gasteiger partial charge in [0.05, 0.1) is 31.5 Å². The highest BCUT2D eigenvalue weighted by Gasteiger charge is 2.26. The second-order valence-electron chi connectivity index (χ2n) is 5.12. The van der Waals surface area contributed by atoms with Crippen molar-refractivity contribution in [3.63, 3.8) is 0 Å². The number of carbonyl (C=O) groups excluding carboxylic acids is 1. The molecule has 0 saturated carbocycles. The SMILES string of the molecule is CCC(C)(C)C(=O)OCCOCCOS(=O)(=O)NS(C)(=O)=O. The normalized spacial score (nSPS) is 13.1. The fraction of sp³-hybridized carbons (Fsp3) is 0.909. The molecule has 0 aromatic carbocycles. The first-order valence-electron chi connectivity index (χ1n) is 6.52. The lowest BCUT2D eigenvalue weighted by Gasteiger charge is -2.20. The molecule has 0 spiro atoms. The van der Waals surface area contributed by atoms with Gasteiger partial charge in [-0.15, -0.1) is 0 Å². The van der Waals surface area contributed by atoms with Crippen molar-refractivity contribution in [2.45, 2.75) is 27.2 Å². The molecule has 0 aromatic rings. The van der Waals surface area contributed by atoms with Gasteiger partial charge in [0.2, 0.25) is 10.0 Å². The van der Waals surface area contributed by atoms with Gasteiger partial charge in [-0.25, -0.2) is 8.42 Å². The molecule has 0 atom stereocenters. The van der Waals surface area contributed by atoms with Crippen molar-refractivity contribution in [1.82, 2.24) is 4.13 Å². The first-order valence-corrected chi connectivity index (χ1v) is 9.82. The Labute approximate surface area is 131 Å². The summed E-state index contributed by atoms with van der Waals surface area (Å²) in [5.74, 6) is -0.338. The van der Waals surface area contributed by atoms with Crippen LogP contribution in [0.4, 0.5) is 0 Å². The summed E-state index contributed by atoms with van der Waals surface area (Å²) in [5.41, 5.74) is -0.561. The maximum absolute atomic E-state index is 11.6. The van der Waals surface area contributed by atoms with Crippen molar-refractivity contribution in [2.75, 3.05) is 32.7 Å². The van der Waals surface area contributed by atoms with Gasteiger partial charge in [-0.05, 0) is 20.3 Å². The van der Waals surface area contributed by atoms with E-state index in [2.05, 4.69) is 4.18 Å². The summed E-state index contributed by atoms with van der Waals surface area (Å²) < 4.78 is 59.4. The summed E-state index contributed by atoms with van der Waals surface area (Å²) >= 11 is 0. The van der Waals surface area contributed by atoms with Gasteiger partial charge in [0, 0.05) is 0 Å². The zero-order valence-corrected chi connectivity index (χ0v) is 14.8. The largest absolute Gasteiger partial charge is 0.463 e. The van der Waals surface area contributed by atoms with E-state index in [-0.39, 0.29) is 32.4 Å². The van der Waals surface area contributed by atoms with E-state index in [0.29, 0.717) is 12.7 Å². The van der Waals surface area contributed by atoms with Crippen LogP contribution in [-0.2, 0) is 38.8 Å². The Morgan fingerprint density at radius 1 is 1.05 bits per heavy atom. The summed E-state index contributed by atoms with van der Waals surface area (Å²) in [5, 5.41) is 0. The zero-order valence-electron chi connectivity index (χ0n) is 13.1. The minimum Gasteiger partial charge on any atom is -0.463 e. The van der Waals surface area contributed by atoms with Crippen molar-refractivity contribution < 1.29 is 35.3 Å². The predicted molar refractivity (Wildman–Crippen MR) is 78.7 cm³/mol. The van der Waals surface area contributed by atoms with Gasteiger partial charge in [-0.3, -0.25) is 8.98 Å². The van der Waals surface area contributed by atoms with E-state index < -0.39 is 25.7 Å². The van der Waals surface area contributed by atoms with Crippen molar-refractivity contribution >= 4 is 26.3 Å². The molecule has 22 heavy (non-hydrogen) atoms.